The number of rotatable bonds is 6. The second kappa shape index (κ2) is 6.85. The zero-order chi connectivity index (χ0) is 15.6. The minimum Gasteiger partial charge on any atom is -0.388 e. The van der Waals surface area contributed by atoms with Crippen LogP contribution in [0.5, 0.6) is 0 Å². The summed E-state index contributed by atoms with van der Waals surface area (Å²) >= 11 is 0. The molecule has 5 heteroatoms. The zero-order valence-corrected chi connectivity index (χ0v) is 13.6. The smallest absolute Gasteiger partial charge is 0.225 e. The number of likely N-dealkylation sites (tertiary alicyclic amines) is 1. The van der Waals surface area contributed by atoms with Gasteiger partial charge in [-0.15, -0.1) is 0 Å². The monoisotopic (exact) mass is 311 g/mol. The summed E-state index contributed by atoms with van der Waals surface area (Å²) < 4.78 is 10.8. The van der Waals surface area contributed by atoms with Gasteiger partial charge in [-0.3, -0.25) is 4.79 Å². The summed E-state index contributed by atoms with van der Waals surface area (Å²) in [4.78, 5) is 14.6. The standard InChI is InChI=1S/C17H29NO4/c1-21-10-11-22-15-6-2-13(3-7-15)16(19)18-9-8-17(20,12-18)14-4-5-14/h13-15,20H,2-12H2,1H3. The number of β-amino-alcohol motifs (C(OH)–C–C–N with tert-alkyl or cyclic N) is 1. The van der Waals surface area contributed by atoms with E-state index in [1.54, 1.807) is 7.11 Å². The lowest BCUT2D eigenvalue weighted by molar-refractivity contribution is -0.137. The molecule has 3 aliphatic rings. The van der Waals surface area contributed by atoms with E-state index >= 15 is 0 Å². The molecule has 1 N–H and O–H groups in total. The summed E-state index contributed by atoms with van der Waals surface area (Å²) in [6.45, 7) is 2.56. The SMILES string of the molecule is COCCOC1CCC(C(=O)N2CCC(O)(C3CC3)C2)CC1. The maximum atomic E-state index is 12.7. The van der Waals surface area contributed by atoms with Crippen LogP contribution in [0.3, 0.4) is 0 Å². The Bertz CT molecular complexity index is 390. The van der Waals surface area contributed by atoms with Gasteiger partial charge in [0, 0.05) is 26.1 Å². The summed E-state index contributed by atoms with van der Waals surface area (Å²) in [6.07, 6.45) is 7.04. The van der Waals surface area contributed by atoms with Crippen LogP contribution in [-0.4, -0.2) is 61.0 Å². The van der Waals surface area contributed by atoms with Crippen LogP contribution < -0.4 is 0 Å². The molecule has 1 atom stereocenters. The number of nitrogens with zero attached hydrogens (tertiary/aromatic N) is 1. The molecule has 2 aliphatic carbocycles. The van der Waals surface area contributed by atoms with Crippen molar-refractivity contribution in [3.8, 4) is 0 Å². The molecule has 2 saturated carbocycles. The highest BCUT2D eigenvalue weighted by Gasteiger charge is 2.49. The highest BCUT2D eigenvalue weighted by molar-refractivity contribution is 5.79. The third-order valence-corrected chi connectivity index (χ3v) is 5.59. The molecule has 0 spiro atoms. The van der Waals surface area contributed by atoms with Crippen LogP contribution in [-0.2, 0) is 14.3 Å². The Labute approximate surface area is 133 Å². The van der Waals surface area contributed by atoms with Crippen molar-refractivity contribution in [2.45, 2.75) is 56.7 Å². The molecule has 126 valence electrons. The predicted molar refractivity (Wildman–Crippen MR) is 82.4 cm³/mol. The van der Waals surface area contributed by atoms with Gasteiger partial charge in [0.25, 0.3) is 0 Å². The van der Waals surface area contributed by atoms with E-state index in [1.807, 2.05) is 4.90 Å². The fourth-order valence-electron chi connectivity index (χ4n) is 3.99. The molecular weight excluding hydrogens is 282 g/mol. The first kappa shape index (κ1) is 16.2. The summed E-state index contributed by atoms with van der Waals surface area (Å²) in [5.41, 5.74) is -0.587. The van der Waals surface area contributed by atoms with E-state index in [9.17, 15) is 9.90 Å². The van der Waals surface area contributed by atoms with Crippen molar-refractivity contribution in [1.82, 2.24) is 4.90 Å². The van der Waals surface area contributed by atoms with E-state index < -0.39 is 5.60 Å². The molecule has 0 aromatic heterocycles. The van der Waals surface area contributed by atoms with E-state index in [0.29, 0.717) is 25.7 Å². The lowest BCUT2D eigenvalue weighted by atomic mass is 9.86. The van der Waals surface area contributed by atoms with Crippen molar-refractivity contribution >= 4 is 5.91 Å². The minimum atomic E-state index is -0.587. The van der Waals surface area contributed by atoms with Crippen LogP contribution in [0.4, 0.5) is 0 Å². The van der Waals surface area contributed by atoms with E-state index in [1.165, 1.54) is 0 Å². The van der Waals surface area contributed by atoms with Crippen LogP contribution in [0.2, 0.25) is 0 Å². The van der Waals surface area contributed by atoms with E-state index in [2.05, 4.69) is 0 Å². The molecule has 3 rings (SSSR count). The molecule has 3 fully saturated rings. The summed E-state index contributed by atoms with van der Waals surface area (Å²) in [7, 11) is 1.68. The molecule has 0 radical (unpaired) electrons. The van der Waals surface area contributed by atoms with Crippen molar-refractivity contribution in [3.05, 3.63) is 0 Å². The average molecular weight is 311 g/mol. The van der Waals surface area contributed by atoms with Gasteiger partial charge < -0.3 is 19.5 Å². The molecule has 0 aromatic rings. The number of amides is 1. The molecule has 22 heavy (non-hydrogen) atoms. The van der Waals surface area contributed by atoms with Gasteiger partial charge in [0.2, 0.25) is 5.91 Å². The van der Waals surface area contributed by atoms with Gasteiger partial charge in [0.15, 0.2) is 0 Å². The Kier molecular flexibility index (Phi) is 5.05. The Morgan fingerprint density at radius 3 is 2.55 bits per heavy atom. The van der Waals surface area contributed by atoms with Gasteiger partial charge >= 0.3 is 0 Å². The Hall–Kier alpha value is -0.650. The number of carbonyl (C=O) groups excluding carboxylic acids is 1. The Balaban J connectivity index is 1.42. The van der Waals surface area contributed by atoms with Gasteiger partial charge in [-0.1, -0.05) is 0 Å². The van der Waals surface area contributed by atoms with Crippen LogP contribution in [0.25, 0.3) is 0 Å². The maximum Gasteiger partial charge on any atom is 0.225 e. The van der Waals surface area contributed by atoms with Gasteiger partial charge in [0.05, 0.1) is 24.9 Å². The molecule has 0 aromatic carbocycles. The summed E-state index contributed by atoms with van der Waals surface area (Å²) in [6, 6.07) is 0. The van der Waals surface area contributed by atoms with Crippen molar-refractivity contribution in [2.24, 2.45) is 11.8 Å². The fourth-order valence-corrected chi connectivity index (χ4v) is 3.99. The summed E-state index contributed by atoms with van der Waals surface area (Å²) in [5, 5.41) is 10.6. The van der Waals surface area contributed by atoms with Gasteiger partial charge in [0.1, 0.15) is 0 Å². The first-order valence-corrected chi connectivity index (χ1v) is 8.74. The Morgan fingerprint density at radius 2 is 1.91 bits per heavy atom. The van der Waals surface area contributed by atoms with E-state index in [0.717, 1.165) is 51.5 Å². The Morgan fingerprint density at radius 1 is 1.18 bits per heavy atom. The van der Waals surface area contributed by atoms with Crippen LogP contribution >= 0.6 is 0 Å². The second-order valence-corrected chi connectivity index (χ2v) is 7.22. The number of hydrogen-bond donors (Lipinski definition) is 1. The molecule has 1 saturated heterocycles. The number of methoxy groups -OCH3 is 1. The fraction of sp³-hybridized carbons (Fsp3) is 0.941. The van der Waals surface area contributed by atoms with E-state index in [4.69, 9.17) is 9.47 Å². The molecule has 1 aliphatic heterocycles. The number of aliphatic hydroxyl groups is 1. The van der Waals surface area contributed by atoms with Crippen molar-refractivity contribution in [2.75, 3.05) is 33.4 Å². The van der Waals surface area contributed by atoms with Gasteiger partial charge in [-0.2, -0.15) is 0 Å². The summed E-state index contributed by atoms with van der Waals surface area (Å²) in [5.74, 6) is 0.825. The average Bonchev–Trinajstić information content (AvgIpc) is 3.32. The first-order valence-electron chi connectivity index (χ1n) is 8.74. The number of carbonyl (C=O) groups is 1. The molecule has 1 unspecified atom stereocenters. The van der Waals surface area contributed by atoms with Gasteiger partial charge in [-0.05, 0) is 50.9 Å². The predicted octanol–water partition coefficient (Wildman–Crippen LogP) is 1.58. The quantitative estimate of drug-likeness (QED) is 0.757. The molecule has 1 heterocycles. The molecular formula is C17H29NO4. The third-order valence-electron chi connectivity index (χ3n) is 5.59. The van der Waals surface area contributed by atoms with Gasteiger partial charge in [-0.25, -0.2) is 0 Å². The highest BCUT2D eigenvalue weighted by Crippen LogP contribution is 2.45. The first-order chi connectivity index (χ1) is 10.6. The minimum absolute atomic E-state index is 0.129. The van der Waals surface area contributed by atoms with E-state index in [-0.39, 0.29) is 17.9 Å². The zero-order valence-electron chi connectivity index (χ0n) is 13.6. The van der Waals surface area contributed by atoms with Crippen LogP contribution in [0, 0.1) is 11.8 Å². The van der Waals surface area contributed by atoms with Crippen molar-refractivity contribution < 1.29 is 19.4 Å². The van der Waals surface area contributed by atoms with Crippen molar-refractivity contribution in [3.63, 3.8) is 0 Å². The topological polar surface area (TPSA) is 59.0 Å². The maximum absolute atomic E-state index is 12.7. The molecule has 1 amide bonds. The molecule has 5 nitrogen and oxygen atoms in total. The normalized spacial score (nSPS) is 35.8. The second-order valence-electron chi connectivity index (χ2n) is 7.22. The number of ether oxygens (including phenoxy) is 2. The van der Waals surface area contributed by atoms with Crippen LogP contribution in [0.1, 0.15) is 44.9 Å². The van der Waals surface area contributed by atoms with Crippen molar-refractivity contribution in [1.29, 1.82) is 0 Å². The largest absolute Gasteiger partial charge is 0.388 e. The van der Waals surface area contributed by atoms with Crippen LogP contribution in [0.15, 0.2) is 0 Å². The third kappa shape index (κ3) is 3.63. The number of hydrogen-bond acceptors (Lipinski definition) is 4. The lowest BCUT2D eigenvalue weighted by Gasteiger charge is -2.31. The highest BCUT2D eigenvalue weighted by atomic mass is 16.5. The molecule has 0 bridgehead atoms. The lowest BCUT2D eigenvalue weighted by Crippen LogP contribution is -2.41.